The Hall–Kier alpha value is -1.95. The molecule has 0 spiro atoms. The number of unbranched alkanes of at least 4 members (excludes halogenated alkanes) is 8. The van der Waals surface area contributed by atoms with Crippen LogP contribution in [0.5, 0.6) is 5.75 Å². The number of thioether (sulfide) groups is 1. The van der Waals surface area contributed by atoms with Gasteiger partial charge in [-0.25, -0.2) is 4.79 Å². The van der Waals surface area contributed by atoms with Gasteiger partial charge in [-0.3, -0.25) is 4.79 Å². The molecule has 0 aliphatic carbocycles. The average molecular weight is 422 g/mol. The molecule has 1 aromatic carbocycles. The molecule has 0 atom stereocenters. The molecule has 0 fully saturated rings. The number of carboxylic acids is 1. The van der Waals surface area contributed by atoms with Crippen molar-refractivity contribution < 1.29 is 19.8 Å². The largest absolute Gasteiger partial charge is 0.507 e. The first-order valence-corrected chi connectivity index (χ1v) is 11.8. The molecule has 3 N–H and O–H groups in total. The van der Waals surface area contributed by atoms with Gasteiger partial charge in [-0.05, 0) is 56.1 Å². The van der Waals surface area contributed by atoms with Crippen LogP contribution >= 0.6 is 11.8 Å². The lowest BCUT2D eigenvalue weighted by Crippen LogP contribution is -2.14. The van der Waals surface area contributed by atoms with Crippen LogP contribution in [0.15, 0.2) is 30.4 Å². The number of rotatable bonds is 16. The van der Waals surface area contributed by atoms with Gasteiger partial charge in [0, 0.05) is 5.69 Å². The number of anilines is 1. The van der Waals surface area contributed by atoms with Crippen molar-refractivity contribution in [3.8, 4) is 5.75 Å². The summed E-state index contributed by atoms with van der Waals surface area (Å²) in [5, 5.41) is 21.1. The van der Waals surface area contributed by atoms with E-state index in [2.05, 4.69) is 24.4 Å². The van der Waals surface area contributed by atoms with E-state index in [1.165, 1.54) is 63.1 Å². The van der Waals surface area contributed by atoms with Crippen molar-refractivity contribution in [3.63, 3.8) is 0 Å². The summed E-state index contributed by atoms with van der Waals surface area (Å²) >= 11 is 1.58. The molecule has 0 aliphatic rings. The first-order chi connectivity index (χ1) is 14.0. The standard InChI is InChI=1S/C23H35NO4S/c1-2-3-4-5-6-7-8-9-10-11-12-13-16-29-18-22(26)24-19-14-15-21(25)20(17-19)23(27)28/h8-9,14-15,17,25H,2-7,10-13,16,18H2,1H3,(H,24,26)(H,27,28)/b9-8-. The predicted octanol–water partition coefficient (Wildman–Crippen LogP) is 6.24. The summed E-state index contributed by atoms with van der Waals surface area (Å²) in [5.41, 5.74) is 0.156. The van der Waals surface area contributed by atoms with Crippen LogP contribution in [0.25, 0.3) is 0 Å². The van der Waals surface area contributed by atoms with Gasteiger partial charge in [-0.15, -0.1) is 0 Å². The van der Waals surface area contributed by atoms with Gasteiger partial charge in [0.15, 0.2) is 0 Å². The number of benzene rings is 1. The van der Waals surface area contributed by atoms with E-state index in [1.54, 1.807) is 11.8 Å². The molecular weight excluding hydrogens is 386 g/mol. The highest BCUT2D eigenvalue weighted by molar-refractivity contribution is 7.99. The zero-order chi connectivity index (χ0) is 21.3. The maximum absolute atomic E-state index is 11.9. The minimum Gasteiger partial charge on any atom is -0.507 e. The van der Waals surface area contributed by atoms with E-state index in [9.17, 15) is 14.7 Å². The molecule has 0 aliphatic heterocycles. The molecule has 162 valence electrons. The molecule has 6 heteroatoms. The summed E-state index contributed by atoms with van der Waals surface area (Å²) in [6.45, 7) is 2.24. The molecule has 1 aromatic rings. The topological polar surface area (TPSA) is 86.6 Å². The van der Waals surface area contributed by atoms with E-state index in [4.69, 9.17) is 5.11 Å². The monoisotopic (exact) mass is 421 g/mol. The number of aromatic hydroxyl groups is 1. The van der Waals surface area contributed by atoms with Crippen LogP contribution in [0.1, 0.15) is 81.5 Å². The zero-order valence-electron chi connectivity index (χ0n) is 17.5. The Morgan fingerprint density at radius 3 is 2.31 bits per heavy atom. The predicted molar refractivity (Wildman–Crippen MR) is 122 cm³/mol. The first-order valence-electron chi connectivity index (χ1n) is 10.6. The Labute approximate surface area is 179 Å². The third kappa shape index (κ3) is 12.3. The van der Waals surface area contributed by atoms with Crippen LogP contribution in [-0.2, 0) is 4.79 Å². The Morgan fingerprint density at radius 1 is 1.00 bits per heavy atom. The van der Waals surface area contributed by atoms with Crippen molar-refractivity contribution in [3.05, 3.63) is 35.9 Å². The second-order valence-corrected chi connectivity index (χ2v) is 8.27. The number of carbonyl (C=O) groups excluding carboxylic acids is 1. The highest BCUT2D eigenvalue weighted by Crippen LogP contribution is 2.21. The molecule has 0 bridgehead atoms. The minimum absolute atomic E-state index is 0.168. The van der Waals surface area contributed by atoms with E-state index in [0.717, 1.165) is 25.0 Å². The second-order valence-electron chi connectivity index (χ2n) is 7.16. The Bertz CT molecular complexity index is 646. The van der Waals surface area contributed by atoms with Gasteiger partial charge in [0.05, 0.1) is 5.75 Å². The summed E-state index contributed by atoms with van der Waals surface area (Å²) in [5.74, 6) is -0.438. The van der Waals surface area contributed by atoms with Gasteiger partial charge in [0.1, 0.15) is 11.3 Å². The van der Waals surface area contributed by atoms with Crippen molar-refractivity contribution in [2.24, 2.45) is 0 Å². The van der Waals surface area contributed by atoms with Crippen molar-refractivity contribution in [1.29, 1.82) is 0 Å². The number of allylic oxidation sites excluding steroid dienone is 2. The lowest BCUT2D eigenvalue weighted by molar-refractivity contribution is -0.113. The number of carboxylic acid groups (broad SMARTS) is 1. The lowest BCUT2D eigenvalue weighted by atomic mass is 10.1. The van der Waals surface area contributed by atoms with E-state index in [1.807, 2.05) is 0 Å². The molecule has 5 nitrogen and oxygen atoms in total. The van der Waals surface area contributed by atoms with Gasteiger partial charge in [-0.2, -0.15) is 11.8 Å². The summed E-state index contributed by atoms with van der Waals surface area (Å²) in [4.78, 5) is 22.9. The average Bonchev–Trinajstić information content (AvgIpc) is 2.69. The van der Waals surface area contributed by atoms with Crippen molar-refractivity contribution in [1.82, 2.24) is 0 Å². The molecule has 0 unspecified atom stereocenters. The molecule has 0 saturated carbocycles. The fourth-order valence-electron chi connectivity index (χ4n) is 2.89. The normalized spacial score (nSPS) is 11.1. The zero-order valence-corrected chi connectivity index (χ0v) is 18.3. The van der Waals surface area contributed by atoms with E-state index in [-0.39, 0.29) is 17.2 Å². The summed E-state index contributed by atoms with van der Waals surface area (Å²) in [6, 6.07) is 4.02. The maximum Gasteiger partial charge on any atom is 0.339 e. The number of hydrogen-bond acceptors (Lipinski definition) is 4. The number of carbonyl (C=O) groups is 2. The molecule has 1 amide bonds. The lowest BCUT2D eigenvalue weighted by Gasteiger charge is -2.07. The van der Waals surface area contributed by atoms with Gasteiger partial charge in [0.25, 0.3) is 0 Å². The highest BCUT2D eigenvalue weighted by Gasteiger charge is 2.11. The van der Waals surface area contributed by atoms with Crippen LogP contribution in [0.2, 0.25) is 0 Å². The fourth-order valence-corrected chi connectivity index (χ4v) is 3.70. The number of hydrogen-bond donors (Lipinski definition) is 3. The van der Waals surface area contributed by atoms with Gasteiger partial charge in [0.2, 0.25) is 5.91 Å². The molecule has 0 saturated heterocycles. The first kappa shape index (κ1) is 25.1. The summed E-state index contributed by atoms with van der Waals surface area (Å²) in [6.07, 6.45) is 17.0. The van der Waals surface area contributed by atoms with E-state index < -0.39 is 5.97 Å². The number of aromatic carboxylic acids is 1. The Kier molecular flexibility index (Phi) is 13.8. The van der Waals surface area contributed by atoms with E-state index in [0.29, 0.717) is 11.4 Å². The number of amides is 1. The third-order valence-corrected chi connectivity index (χ3v) is 5.59. The quantitative estimate of drug-likeness (QED) is 0.167. The van der Waals surface area contributed by atoms with Crippen LogP contribution in [0.3, 0.4) is 0 Å². The van der Waals surface area contributed by atoms with Crippen LogP contribution < -0.4 is 5.32 Å². The van der Waals surface area contributed by atoms with Crippen molar-refractivity contribution >= 4 is 29.3 Å². The molecule has 29 heavy (non-hydrogen) atoms. The minimum atomic E-state index is -1.23. The van der Waals surface area contributed by atoms with Crippen LogP contribution in [0, 0.1) is 0 Å². The van der Waals surface area contributed by atoms with Crippen molar-refractivity contribution in [2.75, 3.05) is 16.8 Å². The van der Waals surface area contributed by atoms with Gasteiger partial charge < -0.3 is 15.5 Å². The smallest absolute Gasteiger partial charge is 0.339 e. The van der Waals surface area contributed by atoms with Crippen molar-refractivity contribution in [2.45, 2.75) is 71.1 Å². The van der Waals surface area contributed by atoms with Crippen LogP contribution in [-0.4, -0.2) is 33.6 Å². The Morgan fingerprint density at radius 2 is 1.66 bits per heavy atom. The molecular formula is C23H35NO4S. The highest BCUT2D eigenvalue weighted by atomic mass is 32.2. The SMILES string of the molecule is CCCCCCC/C=C\CCCCCSCC(=O)Nc1ccc(O)c(C(=O)O)c1. The molecule has 0 heterocycles. The van der Waals surface area contributed by atoms with Gasteiger partial charge >= 0.3 is 5.97 Å². The maximum atomic E-state index is 11.9. The molecule has 0 radical (unpaired) electrons. The Balaban J connectivity index is 2.03. The van der Waals surface area contributed by atoms with Crippen LogP contribution in [0.4, 0.5) is 5.69 Å². The molecule has 0 aromatic heterocycles. The summed E-state index contributed by atoms with van der Waals surface area (Å²) < 4.78 is 0. The molecule has 1 rings (SSSR count). The fraction of sp³-hybridized carbons (Fsp3) is 0.565. The number of phenols is 1. The second kappa shape index (κ2) is 15.9. The van der Waals surface area contributed by atoms with E-state index >= 15 is 0 Å². The van der Waals surface area contributed by atoms with Gasteiger partial charge in [-0.1, -0.05) is 51.2 Å². The third-order valence-electron chi connectivity index (χ3n) is 4.54. The summed E-state index contributed by atoms with van der Waals surface area (Å²) in [7, 11) is 0. The number of nitrogens with one attached hydrogen (secondary N) is 1.